The average molecular weight is 266 g/mol. The molecule has 106 valence electrons. The van der Waals surface area contributed by atoms with Gasteiger partial charge in [0.2, 0.25) is 0 Å². The van der Waals surface area contributed by atoms with Gasteiger partial charge in [-0.3, -0.25) is 0 Å². The normalized spacial score (nSPS) is 27.4. The van der Waals surface area contributed by atoms with E-state index in [9.17, 15) is 9.50 Å². The van der Waals surface area contributed by atoms with Crippen LogP contribution in [0.3, 0.4) is 0 Å². The van der Waals surface area contributed by atoms with Crippen molar-refractivity contribution in [2.24, 2.45) is 11.7 Å². The third-order valence-corrected chi connectivity index (χ3v) is 3.95. The number of hydrogen-bond donors (Lipinski definition) is 2. The first kappa shape index (κ1) is 14.4. The number of aliphatic hydroxyl groups is 1. The van der Waals surface area contributed by atoms with Gasteiger partial charge in [-0.25, -0.2) is 4.39 Å². The van der Waals surface area contributed by atoms with Gasteiger partial charge in [-0.05, 0) is 25.3 Å². The van der Waals surface area contributed by atoms with E-state index >= 15 is 0 Å². The van der Waals surface area contributed by atoms with E-state index in [1.807, 2.05) is 19.9 Å². The Morgan fingerprint density at radius 3 is 2.74 bits per heavy atom. The van der Waals surface area contributed by atoms with Crippen LogP contribution >= 0.6 is 0 Å². The largest absolute Gasteiger partial charge is 0.389 e. The molecule has 19 heavy (non-hydrogen) atoms. The molecule has 1 heterocycles. The molecule has 1 aromatic carbocycles. The summed E-state index contributed by atoms with van der Waals surface area (Å²) in [6.45, 7) is 6.22. The SMILES string of the molecule is CC(CN1CCC(C)(O)C1)C(N)c1ccccc1F. The second kappa shape index (κ2) is 5.57. The standard InChI is InChI=1S/C15H23FN2O/c1-11(9-18-8-7-15(2,19)10-18)14(17)12-5-3-4-6-13(12)16/h3-6,11,14,19H,7-10,17H2,1-2H3. The van der Waals surface area contributed by atoms with Crippen molar-refractivity contribution in [3.63, 3.8) is 0 Å². The molecule has 0 amide bonds. The molecule has 1 aliphatic heterocycles. The van der Waals surface area contributed by atoms with E-state index in [2.05, 4.69) is 4.90 Å². The van der Waals surface area contributed by atoms with Crippen LogP contribution in [0.25, 0.3) is 0 Å². The molecule has 0 saturated carbocycles. The molecule has 2 rings (SSSR count). The number of β-amino-alcohol motifs (C(OH)–C–C–N with tert-alkyl or cyclic N) is 1. The van der Waals surface area contributed by atoms with E-state index < -0.39 is 5.60 Å². The van der Waals surface area contributed by atoms with Crippen LogP contribution in [0.1, 0.15) is 31.9 Å². The summed E-state index contributed by atoms with van der Waals surface area (Å²) in [5.74, 6) is -0.0962. The maximum absolute atomic E-state index is 13.7. The predicted molar refractivity (Wildman–Crippen MR) is 74.2 cm³/mol. The highest BCUT2D eigenvalue weighted by Crippen LogP contribution is 2.26. The molecule has 1 aliphatic rings. The van der Waals surface area contributed by atoms with Crippen molar-refractivity contribution < 1.29 is 9.50 Å². The molecule has 0 spiro atoms. The first-order valence-electron chi connectivity index (χ1n) is 6.84. The van der Waals surface area contributed by atoms with Crippen LogP contribution in [0.4, 0.5) is 4.39 Å². The van der Waals surface area contributed by atoms with Crippen molar-refractivity contribution in [1.29, 1.82) is 0 Å². The topological polar surface area (TPSA) is 49.5 Å². The predicted octanol–water partition coefficient (Wildman–Crippen LogP) is 1.92. The summed E-state index contributed by atoms with van der Waals surface area (Å²) in [5, 5.41) is 9.94. The highest BCUT2D eigenvalue weighted by molar-refractivity contribution is 5.21. The van der Waals surface area contributed by atoms with Crippen molar-refractivity contribution >= 4 is 0 Å². The minimum atomic E-state index is -0.595. The molecule has 0 aromatic heterocycles. The van der Waals surface area contributed by atoms with Crippen molar-refractivity contribution in [1.82, 2.24) is 4.90 Å². The number of halogens is 1. The van der Waals surface area contributed by atoms with Gasteiger partial charge in [0, 0.05) is 31.2 Å². The summed E-state index contributed by atoms with van der Waals surface area (Å²) in [5.41, 5.74) is 6.13. The highest BCUT2D eigenvalue weighted by atomic mass is 19.1. The van der Waals surface area contributed by atoms with Gasteiger partial charge in [0.1, 0.15) is 5.82 Å². The van der Waals surface area contributed by atoms with Crippen molar-refractivity contribution in [2.75, 3.05) is 19.6 Å². The van der Waals surface area contributed by atoms with Crippen LogP contribution < -0.4 is 5.73 Å². The van der Waals surface area contributed by atoms with Crippen LogP contribution in [0.2, 0.25) is 0 Å². The van der Waals surface area contributed by atoms with Crippen LogP contribution in [0.5, 0.6) is 0 Å². The molecule has 0 radical (unpaired) electrons. The lowest BCUT2D eigenvalue weighted by Gasteiger charge is -2.26. The molecule has 0 aliphatic carbocycles. The fraction of sp³-hybridized carbons (Fsp3) is 0.600. The van der Waals surface area contributed by atoms with E-state index in [0.717, 1.165) is 19.5 Å². The smallest absolute Gasteiger partial charge is 0.127 e. The van der Waals surface area contributed by atoms with Gasteiger partial charge in [0.05, 0.1) is 5.60 Å². The summed E-state index contributed by atoms with van der Waals surface area (Å²) in [7, 11) is 0. The molecule has 1 saturated heterocycles. The monoisotopic (exact) mass is 266 g/mol. The third kappa shape index (κ3) is 3.53. The van der Waals surface area contributed by atoms with Crippen LogP contribution in [0.15, 0.2) is 24.3 Å². The van der Waals surface area contributed by atoms with Crippen molar-refractivity contribution in [3.05, 3.63) is 35.6 Å². The Hall–Kier alpha value is -0.970. The van der Waals surface area contributed by atoms with Crippen LogP contribution in [-0.4, -0.2) is 35.2 Å². The molecule has 0 bridgehead atoms. The zero-order valence-corrected chi connectivity index (χ0v) is 11.6. The summed E-state index contributed by atoms with van der Waals surface area (Å²) in [4.78, 5) is 2.20. The van der Waals surface area contributed by atoms with Crippen molar-refractivity contribution in [2.45, 2.75) is 31.9 Å². The lowest BCUT2D eigenvalue weighted by Crippen LogP contribution is -2.35. The van der Waals surface area contributed by atoms with Gasteiger partial charge in [0.25, 0.3) is 0 Å². The maximum atomic E-state index is 13.7. The fourth-order valence-corrected chi connectivity index (χ4v) is 2.77. The van der Waals surface area contributed by atoms with Crippen LogP contribution in [0, 0.1) is 11.7 Å². The van der Waals surface area contributed by atoms with Gasteiger partial charge in [-0.2, -0.15) is 0 Å². The average Bonchev–Trinajstić information content (AvgIpc) is 2.68. The number of rotatable bonds is 4. The third-order valence-electron chi connectivity index (χ3n) is 3.95. The Bertz CT molecular complexity index is 436. The number of nitrogens with two attached hydrogens (primary N) is 1. The number of nitrogens with zero attached hydrogens (tertiary/aromatic N) is 1. The fourth-order valence-electron chi connectivity index (χ4n) is 2.77. The lowest BCUT2D eigenvalue weighted by molar-refractivity contribution is 0.0664. The van der Waals surface area contributed by atoms with E-state index in [-0.39, 0.29) is 17.8 Å². The maximum Gasteiger partial charge on any atom is 0.127 e. The Balaban J connectivity index is 1.97. The summed E-state index contributed by atoms with van der Waals surface area (Å²) >= 11 is 0. The lowest BCUT2D eigenvalue weighted by atomic mass is 9.94. The van der Waals surface area contributed by atoms with Gasteiger partial charge in [-0.15, -0.1) is 0 Å². The van der Waals surface area contributed by atoms with Gasteiger partial charge in [0.15, 0.2) is 0 Å². The van der Waals surface area contributed by atoms with E-state index in [1.165, 1.54) is 6.07 Å². The Labute approximate surface area is 114 Å². The van der Waals surface area contributed by atoms with E-state index in [4.69, 9.17) is 5.73 Å². The summed E-state index contributed by atoms with van der Waals surface area (Å²) in [6, 6.07) is 6.37. The van der Waals surface area contributed by atoms with Gasteiger partial charge < -0.3 is 15.7 Å². The first-order chi connectivity index (χ1) is 8.89. The minimum absolute atomic E-state index is 0.144. The number of hydrogen-bond acceptors (Lipinski definition) is 3. The van der Waals surface area contributed by atoms with Crippen LogP contribution in [-0.2, 0) is 0 Å². The molecule has 3 nitrogen and oxygen atoms in total. The summed E-state index contributed by atoms with van der Waals surface area (Å²) < 4.78 is 13.7. The number of benzene rings is 1. The summed E-state index contributed by atoms with van der Waals surface area (Å²) in [6.07, 6.45) is 0.786. The Morgan fingerprint density at radius 1 is 1.47 bits per heavy atom. The second-order valence-corrected chi connectivity index (χ2v) is 6.01. The van der Waals surface area contributed by atoms with E-state index in [1.54, 1.807) is 12.1 Å². The molecular formula is C15H23FN2O. The second-order valence-electron chi connectivity index (χ2n) is 6.01. The molecule has 1 fully saturated rings. The molecule has 3 atom stereocenters. The molecule has 3 N–H and O–H groups in total. The molecule has 3 unspecified atom stereocenters. The zero-order chi connectivity index (χ0) is 14.0. The number of likely N-dealkylation sites (tertiary alicyclic amines) is 1. The molecule has 1 aromatic rings. The highest BCUT2D eigenvalue weighted by Gasteiger charge is 2.32. The van der Waals surface area contributed by atoms with Gasteiger partial charge >= 0.3 is 0 Å². The Kier molecular flexibility index (Phi) is 4.23. The molecular weight excluding hydrogens is 243 g/mol. The van der Waals surface area contributed by atoms with E-state index in [0.29, 0.717) is 12.1 Å². The minimum Gasteiger partial charge on any atom is -0.389 e. The van der Waals surface area contributed by atoms with Gasteiger partial charge in [-0.1, -0.05) is 25.1 Å². The van der Waals surface area contributed by atoms with Crippen molar-refractivity contribution in [3.8, 4) is 0 Å². The molecule has 4 heteroatoms. The quantitative estimate of drug-likeness (QED) is 0.875. The first-order valence-corrected chi connectivity index (χ1v) is 6.84. The Morgan fingerprint density at radius 2 is 2.16 bits per heavy atom. The zero-order valence-electron chi connectivity index (χ0n) is 11.6.